The highest BCUT2D eigenvalue weighted by atomic mass is 35.5. The molecule has 1 atom stereocenters. The van der Waals surface area contributed by atoms with E-state index in [1.54, 1.807) is 0 Å². The quantitative estimate of drug-likeness (QED) is 0.670. The Labute approximate surface area is 175 Å². The van der Waals surface area contributed by atoms with Gasteiger partial charge in [0.25, 0.3) is 5.91 Å². The smallest absolute Gasteiger partial charge is 0.287 e. The van der Waals surface area contributed by atoms with Gasteiger partial charge in [0.1, 0.15) is 5.58 Å². The van der Waals surface area contributed by atoms with E-state index in [1.807, 2.05) is 56.3 Å². The Morgan fingerprint density at radius 2 is 1.86 bits per heavy atom. The zero-order valence-corrected chi connectivity index (χ0v) is 17.5. The first kappa shape index (κ1) is 20.0. The van der Waals surface area contributed by atoms with E-state index in [9.17, 15) is 4.79 Å². The van der Waals surface area contributed by atoms with E-state index in [-0.39, 0.29) is 11.9 Å². The Balaban J connectivity index is 1.54. The highest BCUT2D eigenvalue weighted by Gasteiger charge is 2.25. The summed E-state index contributed by atoms with van der Waals surface area (Å²) in [6.07, 6.45) is 0. The normalized spacial score (nSPS) is 16.1. The van der Waals surface area contributed by atoms with Crippen LogP contribution in [0.2, 0.25) is 5.02 Å². The molecule has 3 aromatic rings. The highest BCUT2D eigenvalue weighted by Crippen LogP contribution is 2.27. The second kappa shape index (κ2) is 8.57. The van der Waals surface area contributed by atoms with Gasteiger partial charge in [0.05, 0.1) is 19.3 Å². The summed E-state index contributed by atoms with van der Waals surface area (Å²) in [6.45, 7) is 7.46. The van der Waals surface area contributed by atoms with Crippen LogP contribution in [0.25, 0.3) is 11.0 Å². The molecule has 1 fully saturated rings. The molecular weight excluding hydrogens is 388 g/mol. The molecule has 1 aliphatic heterocycles. The fourth-order valence-electron chi connectivity index (χ4n) is 3.85. The number of benzene rings is 2. The van der Waals surface area contributed by atoms with Crippen LogP contribution in [0.3, 0.4) is 0 Å². The van der Waals surface area contributed by atoms with E-state index < -0.39 is 0 Å². The van der Waals surface area contributed by atoms with Crippen LogP contribution in [0.4, 0.5) is 0 Å². The van der Waals surface area contributed by atoms with Crippen molar-refractivity contribution in [3.05, 3.63) is 69.9 Å². The van der Waals surface area contributed by atoms with Gasteiger partial charge in [0.15, 0.2) is 5.76 Å². The standard InChI is InChI=1S/C23H25ClN2O3/c1-15-3-8-19-16(2)22(29-21(19)13-15)23(27)25-14-20(26-9-11-28-12-10-26)17-4-6-18(24)7-5-17/h3-8,13,20H,9-12,14H2,1-2H3,(H,25,27). The minimum absolute atomic E-state index is 0.0482. The maximum atomic E-state index is 12.9. The van der Waals surface area contributed by atoms with Gasteiger partial charge in [-0.2, -0.15) is 0 Å². The molecule has 1 amide bonds. The molecular formula is C23H25ClN2O3. The van der Waals surface area contributed by atoms with Crippen molar-refractivity contribution in [2.45, 2.75) is 19.9 Å². The monoisotopic (exact) mass is 412 g/mol. The SMILES string of the molecule is Cc1ccc2c(C)c(C(=O)NCC(c3ccc(Cl)cc3)N3CCOCC3)oc2c1. The predicted octanol–water partition coefficient (Wildman–Crippen LogP) is 4.51. The molecule has 4 rings (SSSR count). The zero-order valence-electron chi connectivity index (χ0n) is 16.7. The number of carbonyl (C=O) groups excluding carboxylic acids is 1. The number of halogens is 1. The molecule has 2 heterocycles. The average molecular weight is 413 g/mol. The minimum Gasteiger partial charge on any atom is -0.451 e. The van der Waals surface area contributed by atoms with Gasteiger partial charge < -0.3 is 14.5 Å². The third-order valence-corrected chi connectivity index (χ3v) is 5.75. The Kier molecular flexibility index (Phi) is 5.90. The number of morpholine rings is 1. The summed E-state index contributed by atoms with van der Waals surface area (Å²) in [4.78, 5) is 15.3. The lowest BCUT2D eigenvalue weighted by molar-refractivity contribution is 0.0161. The van der Waals surface area contributed by atoms with Crippen LogP contribution in [-0.4, -0.2) is 43.7 Å². The molecule has 29 heavy (non-hydrogen) atoms. The first-order valence-electron chi connectivity index (χ1n) is 9.88. The molecule has 6 heteroatoms. The van der Waals surface area contributed by atoms with E-state index in [4.69, 9.17) is 20.8 Å². The van der Waals surface area contributed by atoms with Crippen LogP contribution in [0.15, 0.2) is 46.9 Å². The van der Waals surface area contributed by atoms with E-state index in [2.05, 4.69) is 10.2 Å². The number of rotatable bonds is 5. The first-order chi connectivity index (χ1) is 14.0. The Morgan fingerprint density at radius 3 is 2.59 bits per heavy atom. The summed E-state index contributed by atoms with van der Waals surface area (Å²) in [5, 5.41) is 4.75. The van der Waals surface area contributed by atoms with Crippen molar-refractivity contribution in [3.63, 3.8) is 0 Å². The molecule has 1 aromatic heterocycles. The third-order valence-electron chi connectivity index (χ3n) is 5.50. The zero-order chi connectivity index (χ0) is 20.4. The van der Waals surface area contributed by atoms with Gasteiger partial charge >= 0.3 is 0 Å². The average Bonchev–Trinajstić information content (AvgIpc) is 3.06. The van der Waals surface area contributed by atoms with Crippen LogP contribution >= 0.6 is 11.6 Å². The van der Waals surface area contributed by atoms with Crippen LogP contribution < -0.4 is 5.32 Å². The lowest BCUT2D eigenvalue weighted by Crippen LogP contribution is -2.43. The van der Waals surface area contributed by atoms with E-state index in [1.165, 1.54) is 0 Å². The van der Waals surface area contributed by atoms with Gasteiger partial charge in [-0.1, -0.05) is 35.9 Å². The molecule has 0 radical (unpaired) electrons. The number of amides is 1. The van der Waals surface area contributed by atoms with Gasteiger partial charge in [-0.3, -0.25) is 9.69 Å². The fraction of sp³-hybridized carbons (Fsp3) is 0.348. The van der Waals surface area contributed by atoms with Crippen molar-refractivity contribution in [1.82, 2.24) is 10.2 Å². The Hall–Kier alpha value is -2.34. The number of carbonyl (C=O) groups is 1. The Bertz CT molecular complexity index is 1010. The van der Waals surface area contributed by atoms with Crippen molar-refractivity contribution >= 4 is 28.5 Å². The number of fused-ring (bicyclic) bond motifs is 1. The van der Waals surface area contributed by atoms with Crippen molar-refractivity contribution < 1.29 is 13.9 Å². The number of furan rings is 1. The van der Waals surface area contributed by atoms with Crippen LogP contribution in [0, 0.1) is 13.8 Å². The number of hydrogen-bond acceptors (Lipinski definition) is 4. The summed E-state index contributed by atoms with van der Waals surface area (Å²) in [6, 6.07) is 13.9. The minimum atomic E-state index is -0.191. The Morgan fingerprint density at radius 1 is 1.14 bits per heavy atom. The molecule has 1 saturated heterocycles. The van der Waals surface area contributed by atoms with E-state index in [0.717, 1.165) is 40.7 Å². The number of hydrogen-bond donors (Lipinski definition) is 1. The van der Waals surface area contributed by atoms with E-state index in [0.29, 0.717) is 30.5 Å². The van der Waals surface area contributed by atoms with Gasteiger partial charge in [0.2, 0.25) is 0 Å². The summed E-state index contributed by atoms with van der Waals surface area (Å²) in [5.74, 6) is 0.186. The van der Waals surface area contributed by atoms with Gasteiger partial charge in [0, 0.05) is 35.6 Å². The van der Waals surface area contributed by atoms with Crippen LogP contribution in [0.1, 0.15) is 33.3 Å². The largest absolute Gasteiger partial charge is 0.451 e. The van der Waals surface area contributed by atoms with Gasteiger partial charge in [-0.05, 0) is 43.2 Å². The molecule has 1 aliphatic rings. The molecule has 0 saturated carbocycles. The summed E-state index contributed by atoms with van der Waals surface area (Å²) < 4.78 is 11.4. The van der Waals surface area contributed by atoms with Crippen molar-refractivity contribution in [1.29, 1.82) is 0 Å². The lowest BCUT2D eigenvalue weighted by Gasteiger charge is -2.34. The molecule has 0 aliphatic carbocycles. The summed E-state index contributed by atoms with van der Waals surface area (Å²) in [7, 11) is 0. The van der Waals surface area contributed by atoms with Crippen LogP contribution in [-0.2, 0) is 4.74 Å². The summed E-state index contributed by atoms with van der Waals surface area (Å²) in [5.41, 5.74) is 3.84. The number of nitrogens with one attached hydrogen (secondary N) is 1. The number of aryl methyl sites for hydroxylation is 2. The third kappa shape index (κ3) is 4.32. The molecule has 0 bridgehead atoms. The van der Waals surface area contributed by atoms with Crippen LogP contribution in [0.5, 0.6) is 0 Å². The molecule has 1 N–H and O–H groups in total. The number of ether oxygens (including phenoxy) is 1. The second-order valence-corrected chi connectivity index (χ2v) is 7.92. The molecule has 5 nitrogen and oxygen atoms in total. The van der Waals surface area contributed by atoms with Crippen molar-refractivity contribution in [2.75, 3.05) is 32.8 Å². The predicted molar refractivity (Wildman–Crippen MR) is 115 cm³/mol. The maximum Gasteiger partial charge on any atom is 0.287 e. The molecule has 152 valence electrons. The molecule has 2 aromatic carbocycles. The highest BCUT2D eigenvalue weighted by molar-refractivity contribution is 6.30. The molecule has 0 spiro atoms. The van der Waals surface area contributed by atoms with E-state index >= 15 is 0 Å². The topological polar surface area (TPSA) is 54.7 Å². The summed E-state index contributed by atoms with van der Waals surface area (Å²) >= 11 is 6.06. The van der Waals surface area contributed by atoms with Crippen molar-refractivity contribution in [2.24, 2.45) is 0 Å². The first-order valence-corrected chi connectivity index (χ1v) is 10.3. The second-order valence-electron chi connectivity index (χ2n) is 7.48. The van der Waals surface area contributed by atoms with Gasteiger partial charge in [-0.25, -0.2) is 0 Å². The fourth-order valence-corrected chi connectivity index (χ4v) is 3.98. The maximum absolute atomic E-state index is 12.9. The number of nitrogens with zero attached hydrogens (tertiary/aromatic N) is 1. The lowest BCUT2D eigenvalue weighted by atomic mass is 10.0. The van der Waals surface area contributed by atoms with Gasteiger partial charge in [-0.15, -0.1) is 0 Å². The molecule has 1 unspecified atom stereocenters. The van der Waals surface area contributed by atoms with Crippen molar-refractivity contribution in [3.8, 4) is 0 Å².